The molecule has 0 saturated heterocycles. The minimum absolute atomic E-state index is 0.138. The predicted octanol–water partition coefficient (Wildman–Crippen LogP) is 4.27. The Morgan fingerprint density at radius 1 is 1.19 bits per heavy atom. The van der Waals surface area contributed by atoms with E-state index in [0.29, 0.717) is 35.4 Å². The van der Waals surface area contributed by atoms with Crippen LogP contribution in [0.2, 0.25) is 5.02 Å². The van der Waals surface area contributed by atoms with Gasteiger partial charge < -0.3 is 19.7 Å². The monoisotopic (exact) mass is 374 g/mol. The van der Waals surface area contributed by atoms with E-state index < -0.39 is 0 Å². The highest BCUT2D eigenvalue weighted by Gasteiger charge is 2.19. The highest BCUT2D eigenvalue weighted by atomic mass is 35.5. The third-order valence-electron chi connectivity index (χ3n) is 4.27. The molecule has 1 heterocycles. The SMILES string of the molecule is Cc1ccccc1N(CC(=O)Nc1cc2c(cc1Cl)OCCO2)C(C)C. The average Bonchev–Trinajstić information content (AvgIpc) is 2.61. The summed E-state index contributed by atoms with van der Waals surface area (Å²) in [6.07, 6.45) is 0. The van der Waals surface area contributed by atoms with Crippen LogP contribution in [0.25, 0.3) is 0 Å². The standard InChI is InChI=1S/C20H23ClN2O3/c1-13(2)23(17-7-5-4-6-14(17)3)12-20(24)22-16-11-19-18(10-15(16)21)25-8-9-26-19/h4-7,10-11,13H,8-9,12H2,1-3H3,(H,22,24). The Labute approximate surface area is 158 Å². The summed E-state index contributed by atoms with van der Waals surface area (Å²) < 4.78 is 11.1. The topological polar surface area (TPSA) is 50.8 Å². The molecule has 0 fully saturated rings. The molecule has 0 radical (unpaired) electrons. The van der Waals surface area contributed by atoms with Crippen LogP contribution < -0.4 is 19.7 Å². The number of hydrogen-bond acceptors (Lipinski definition) is 4. The van der Waals surface area contributed by atoms with Gasteiger partial charge in [-0.3, -0.25) is 4.79 Å². The van der Waals surface area contributed by atoms with Crippen molar-refractivity contribution in [1.82, 2.24) is 0 Å². The van der Waals surface area contributed by atoms with Crippen molar-refractivity contribution in [3.63, 3.8) is 0 Å². The summed E-state index contributed by atoms with van der Waals surface area (Å²) in [5.41, 5.74) is 2.70. The number of carbonyl (C=O) groups is 1. The molecule has 5 nitrogen and oxygen atoms in total. The molecule has 0 unspecified atom stereocenters. The Morgan fingerprint density at radius 2 is 1.85 bits per heavy atom. The number of aryl methyl sites for hydroxylation is 1. The van der Waals surface area contributed by atoms with E-state index in [9.17, 15) is 4.79 Å². The van der Waals surface area contributed by atoms with Gasteiger partial charge >= 0.3 is 0 Å². The lowest BCUT2D eigenvalue weighted by Gasteiger charge is -2.30. The highest BCUT2D eigenvalue weighted by molar-refractivity contribution is 6.34. The molecule has 0 bridgehead atoms. The van der Waals surface area contributed by atoms with Gasteiger partial charge in [0.15, 0.2) is 11.5 Å². The molecule has 2 aromatic rings. The summed E-state index contributed by atoms with van der Waals surface area (Å²) in [6, 6.07) is 11.6. The van der Waals surface area contributed by atoms with Crippen molar-refractivity contribution in [3.05, 3.63) is 47.0 Å². The van der Waals surface area contributed by atoms with Crippen LogP contribution in [-0.4, -0.2) is 31.7 Å². The number of benzene rings is 2. The number of ether oxygens (including phenoxy) is 2. The summed E-state index contributed by atoms with van der Waals surface area (Å²) in [5, 5.41) is 3.31. The number of nitrogens with one attached hydrogen (secondary N) is 1. The third kappa shape index (κ3) is 4.05. The normalized spacial score (nSPS) is 12.8. The van der Waals surface area contributed by atoms with Gasteiger partial charge in [-0.2, -0.15) is 0 Å². The Hall–Kier alpha value is -2.40. The zero-order valence-corrected chi connectivity index (χ0v) is 16.0. The molecule has 1 aliphatic rings. The maximum absolute atomic E-state index is 12.6. The minimum Gasteiger partial charge on any atom is -0.486 e. The molecule has 1 aliphatic heterocycles. The second-order valence-electron chi connectivity index (χ2n) is 6.53. The molecule has 0 saturated carbocycles. The summed E-state index contributed by atoms with van der Waals surface area (Å²) in [5.74, 6) is 1.05. The maximum atomic E-state index is 12.6. The van der Waals surface area contributed by atoms with Crippen molar-refractivity contribution in [1.29, 1.82) is 0 Å². The zero-order chi connectivity index (χ0) is 18.7. The maximum Gasteiger partial charge on any atom is 0.243 e. The molecule has 0 aromatic heterocycles. The van der Waals surface area contributed by atoms with E-state index in [1.165, 1.54) is 0 Å². The minimum atomic E-state index is -0.138. The number of halogens is 1. The largest absolute Gasteiger partial charge is 0.486 e. The van der Waals surface area contributed by atoms with Crippen LogP contribution in [0.15, 0.2) is 36.4 Å². The van der Waals surface area contributed by atoms with E-state index in [2.05, 4.69) is 24.1 Å². The number of amides is 1. The molecule has 26 heavy (non-hydrogen) atoms. The number of anilines is 2. The Balaban J connectivity index is 1.76. The number of hydrogen-bond donors (Lipinski definition) is 1. The molecule has 138 valence electrons. The van der Waals surface area contributed by atoms with Crippen LogP contribution in [0.4, 0.5) is 11.4 Å². The molecular weight excluding hydrogens is 352 g/mol. The molecule has 3 rings (SSSR count). The fourth-order valence-corrected chi connectivity index (χ4v) is 3.14. The van der Waals surface area contributed by atoms with Gasteiger partial charge in [0.25, 0.3) is 0 Å². The van der Waals surface area contributed by atoms with E-state index in [0.717, 1.165) is 11.3 Å². The van der Waals surface area contributed by atoms with Crippen LogP contribution in [0.3, 0.4) is 0 Å². The Kier molecular flexibility index (Phi) is 5.57. The molecule has 2 aromatic carbocycles. The van der Waals surface area contributed by atoms with E-state index in [-0.39, 0.29) is 18.5 Å². The number of fused-ring (bicyclic) bond motifs is 1. The van der Waals surface area contributed by atoms with Gasteiger partial charge in [0.1, 0.15) is 13.2 Å². The molecular formula is C20H23ClN2O3. The van der Waals surface area contributed by atoms with Crippen molar-refractivity contribution in [2.75, 3.05) is 30.0 Å². The van der Waals surface area contributed by atoms with Crippen LogP contribution in [0.5, 0.6) is 11.5 Å². The lowest BCUT2D eigenvalue weighted by atomic mass is 10.1. The summed E-state index contributed by atoms with van der Waals surface area (Å²) in [4.78, 5) is 14.7. The molecule has 0 spiro atoms. The second-order valence-corrected chi connectivity index (χ2v) is 6.94. The van der Waals surface area contributed by atoms with Crippen molar-refractivity contribution in [3.8, 4) is 11.5 Å². The number of carbonyl (C=O) groups excluding carboxylic acids is 1. The average molecular weight is 375 g/mol. The smallest absolute Gasteiger partial charge is 0.243 e. The second kappa shape index (κ2) is 7.87. The number of para-hydroxylation sites is 1. The number of nitrogens with zero attached hydrogens (tertiary/aromatic N) is 1. The van der Waals surface area contributed by atoms with Gasteiger partial charge in [0, 0.05) is 23.9 Å². The van der Waals surface area contributed by atoms with E-state index in [4.69, 9.17) is 21.1 Å². The van der Waals surface area contributed by atoms with Crippen LogP contribution in [-0.2, 0) is 4.79 Å². The van der Waals surface area contributed by atoms with Crippen molar-refractivity contribution in [2.24, 2.45) is 0 Å². The summed E-state index contributed by atoms with van der Waals surface area (Å²) in [6.45, 7) is 7.38. The fraction of sp³-hybridized carbons (Fsp3) is 0.350. The van der Waals surface area contributed by atoms with Crippen LogP contribution >= 0.6 is 11.6 Å². The third-order valence-corrected chi connectivity index (χ3v) is 4.58. The van der Waals surface area contributed by atoms with E-state index in [1.807, 2.05) is 31.2 Å². The lowest BCUT2D eigenvalue weighted by Crippen LogP contribution is -2.38. The highest BCUT2D eigenvalue weighted by Crippen LogP contribution is 2.38. The van der Waals surface area contributed by atoms with Gasteiger partial charge in [-0.1, -0.05) is 29.8 Å². The fourth-order valence-electron chi connectivity index (χ4n) is 2.94. The van der Waals surface area contributed by atoms with E-state index >= 15 is 0 Å². The van der Waals surface area contributed by atoms with Crippen molar-refractivity contribution < 1.29 is 14.3 Å². The lowest BCUT2D eigenvalue weighted by molar-refractivity contribution is -0.115. The summed E-state index contributed by atoms with van der Waals surface area (Å²) in [7, 11) is 0. The van der Waals surface area contributed by atoms with Crippen LogP contribution in [0.1, 0.15) is 19.4 Å². The molecule has 6 heteroatoms. The summed E-state index contributed by atoms with van der Waals surface area (Å²) >= 11 is 6.28. The van der Waals surface area contributed by atoms with Gasteiger partial charge in [-0.05, 0) is 32.4 Å². The molecule has 1 amide bonds. The van der Waals surface area contributed by atoms with Gasteiger partial charge in [0.2, 0.25) is 5.91 Å². The zero-order valence-electron chi connectivity index (χ0n) is 15.2. The van der Waals surface area contributed by atoms with Gasteiger partial charge in [-0.15, -0.1) is 0 Å². The first-order valence-corrected chi connectivity index (χ1v) is 9.05. The quantitative estimate of drug-likeness (QED) is 0.849. The molecule has 0 aliphatic carbocycles. The first-order chi connectivity index (χ1) is 12.5. The predicted molar refractivity (Wildman–Crippen MR) is 105 cm³/mol. The van der Waals surface area contributed by atoms with Gasteiger partial charge in [0.05, 0.1) is 17.3 Å². The Bertz CT molecular complexity index is 808. The first-order valence-electron chi connectivity index (χ1n) is 8.67. The number of rotatable bonds is 5. The molecule has 0 atom stereocenters. The van der Waals surface area contributed by atoms with Crippen LogP contribution in [0, 0.1) is 6.92 Å². The van der Waals surface area contributed by atoms with E-state index in [1.54, 1.807) is 12.1 Å². The Morgan fingerprint density at radius 3 is 2.50 bits per heavy atom. The first kappa shape index (κ1) is 18.4. The van der Waals surface area contributed by atoms with Crippen molar-refractivity contribution >= 4 is 28.9 Å². The molecule has 1 N–H and O–H groups in total. The van der Waals surface area contributed by atoms with Gasteiger partial charge in [-0.25, -0.2) is 0 Å². The van der Waals surface area contributed by atoms with Crippen molar-refractivity contribution in [2.45, 2.75) is 26.8 Å².